The lowest BCUT2D eigenvalue weighted by molar-refractivity contribution is -0.117. The van der Waals surface area contributed by atoms with Gasteiger partial charge in [0.15, 0.2) is 0 Å². The zero-order valence-corrected chi connectivity index (χ0v) is 10.9. The van der Waals surface area contributed by atoms with Gasteiger partial charge in [0.1, 0.15) is 11.6 Å². The Bertz CT molecular complexity index is 510. The van der Waals surface area contributed by atoms with Gasteiger partial charge >= 0.3 is 0 Å². The first-order valence-corrected chi connectivity index (χ1v) is 5.62. The number of hydrogen-bond donors (Lipinski definition) is 0. The average molecular weight is 274 g/mol. The average Bonchev–Trinajstić information content (AvgIpc) is 2.23. The van der Waals surface area contributed by atoms with Gasteiger partial charge in [-0.15, -0.1) is 0 Å². The topological polar surface area (TPSA) is 40.9 Å². The van der Waals surface area contributed by atoms with E-state index in [9.17, 15) is 14.4 Å². The maximum Gasteiger partial charge on any atom is 0.142 e. The molecule has 0 radical (unpaired) electrons. The van der Waals surface area contributed by atoms with E-state index < -0.39 is 11.2 Å². The molecule has 0 fully saturated rings. The summed E-state index contributed by atoms with van der Waals surface area (Å²) >= 11 is 11.8. The third kappa shape index (κ3) is 2.77. The first-order valence-electron chi connectivity index (χ1n) is 4.86. The third-order valence-corrected chi connectivity index (χ3v) is 3.13. The van der Waals surface area contributed by atoms with Crippen LogP contribution in [0.5, 0.6) is 0 Å². The van der Waals surface area contributed by atoms with Crippen molar-refractivity contribution in [3.05, 3.63) is 33.6 Å². The third-order valence-electron chi connectivity index (χ3n) is 2.45. The number of carbonyl (C=O) groups excluding carboxylic acids is 1. The monoisotopic (exact) mass is 273 g/mol. The van der Waals surface area contributed by atoms with Crippen LogP contribution >= 0.6 is 23.2 Å². The quantitative estimate of drug-likeness (QED) is 0.784. The van der Waals surface area contributed by atoms with Gasteiger partial charge < -0.3 is 0 Å². The highest BCUT2D eigenvalue weighted by Gasteiger charge is 2.33. The Balaban J connectivity index is 3.45. The number of hydrogen-bond acceptors (Lipinski definition) is 2. The predicted molar refractivity (Wildman–Crippen MR) is 64.7 cm³/mol. The lowest BCUT2D eigenvalue weighted by Gasteiger charge is -2.23. The van der Waals surface area contributed by atoms with Crippen LogP contribution in [0, 0.1) is 17.1 Å². The van der Waals surface area contributed by atoms with E-state index >= 15 is 0 Å². The minimum atomic E-state index is -1.22. The molecular formula is C12H10Cl2FNO. The predicted octanol–water partition coefficient (Wildman–Crippen LogP) is 3.89. The number of rotatable bonds is 3. The van der Waals surface area contributed by atoms with Crippen molar-refractivity contribution in [1.29, 1.82) is 5.26 Å². The van der Waals surface area contributed by atoms with Crippen LogP contribution < -0.4 is 0 Å². The van der Waals surface area contributed by atoms with E-state index in [2.05, 4.69) is 0 Å². The lowest BCUT2D eigenvalue weighted by Crippen LogP contribution is -2.24. The van der Waals surface area contributed by atoms with E-state index in [0.29, 0.717) is 0 Å². The Kier molecular flexibility index (Phi) is 4.13. The zero-order chi connectivity index (χ0) is 13.2. The van der Waals surface area contributed by atoms with Crippen molar-refractivity contribution in [2.45, 2.75) is 25.7 Å². The number of benzene rings is 1. The first kappa shape index (κ1) is 14.0. The van der Waals surface area contributed by atoms with Gasteiger partial charge in [-0.2, -0.15) is 5.26 Å². The molecule has 0 saturated carbocycles. The number of ketones is 1. The fourth-order valence-corrected chi connectivity index (χ4v) is 2.50. The minimum absolute atomic E-state index is 0.0631. The molecule has 1 atom stereocenters. The van der Waals surface area contributed by atoms with Gasteiger partial charge in [0.2, 0.25) is 0 Å². The molecule has 0 aliphatic carbocycles. The van der Waals surface area contributed by atoms with Crippen LogP contribution in [0.2, 0.25) is 10.0 Å². The second-order valence-electron chi connectivity index (χ2n) is 4.04. The Hall–Kier alpha value is -1.11. The zero-order valence-electron chi connectivity index (χ0n) is 9.35. The summed E-state index contributed by atoms with van der Waals surface area (Å²) in [7, 11) is 0. The molecule has 0 amide bonds. The Morgan fingerprint density at radius 3 is 2.59 bits per heavy atom. The van der Waals surface area contributed by atoms with Crippen molar-refractivity contribution >= 4 is 29.0 Å². The molecule has 0 aliphatic heterocycles. The van der Waals surface area contributed by atoms with Gasteiger partial charge in [-0.1, -0.05) is 23.2 Å². The van der Waals surface area contributed by atoms with Crippen LogP contribution in [0.3, 0.4) is 0 Å². The molecular weight excluding hydrogens is 264 g/mol. The van der Waals surface area contributed by atoms with E-state index in [-0.39, 0.29) is 27.8 Å². The number of Topliss-reactive ketones (excluding diaryl/α,β-unsaturated/α-hetero) is 1. The molecule has 0 aliphatic rings. The molecule has 1 aromatic carbocycles. The Labute approximate surface area is 109 Å². The molecule has 0 aromatic heterocycles. The summed E-state index contributed by atoms with van der Waals surface area (Å²) in [5.74, 6) is -0.846. The number of nitrogens with zero attached hydrogens (tertiary/aromatic N) is 1. The molecule has 0 N–H and O–H groups in total. The van der Waals surface area contributed by atoms with Gasteiger partial charge in [0.25, 0.3) is 0 Å². The van der Waals surface area contributed by atoms with Crippen LogP contribution in [0.15, 0.2) is 12.1 Å². The molecule has 0 saturated heterocycles. The first-order chi connectivity index (χ1) is 7.81. The number of carbonyl (C=O) groups is 1. The molecule has 17 heavy (non-hydrogen) atoms. The van der Waals surface area contributed by atoms with Gasteiger partial charge in [0, 0.05) is 17.0 Å². The lowest BCUT2D eigenvalue weighted by atomic mass is 9.79. The standard InChI is InChI=1S/C12H10Cl2FNO/c1-7(17)5-12(2,6-16)10-8(13)3-4-9(15)11(10)14/h3-4H,5H2,1-2H3. The normalized spacial score (nSPS) is 13.9. The summed E-state index contributed by atoms with van der Waals surface area (Å²) in [5, 5.41) is 9.16. The van der Waals surface area contributed by atoms with E-state index in [1.54, 1.807) is 0 Å². The summed E-state index contributed by atoms with van der Waals surface area (Å²) in [6, 6.07) is 4.43. The summed E-state index contributed by atoms with van der Waals surface area (Å²) in [6.45, 7) is 2.87. The maximum absolute atomic E-state index is 13.4. The number of halogens is 3. The molecule has 5 heteroatoms. The highest BCUT2D eigenvalue weighted by atomic mass is 35.5. The van der Waals surface area contributed by atoms with Crippen molar-refractivity contribution in [3.63, 3.8) is 0 Å². The van der Waals surface area contributed by atoms with Crippen LogP contribution in [0.4, 0.5) is 4.39 Å². The van der Waals surface area contributed by atoms with Gasteiger partial charge in [-0.3, -0.25) is 4.79 Å². The van der Waals surface area contributed by atoms with Crippen molar-refractivity contribution in [3.8, 4) is 6.07 Å². The van der Waals surface area contributed by atoms with Crippen molar-refractivity contribution in [2.75, 3.05) is 0 Å². The van der Waals surface area contributed by atoms with Gasteiger partial charge in [0.05, 0.1) is 16.5 Å². The fraction of sp³-hybridized carbons (Fsp3) is 0.333. The molecule has 0 spiro atoms. The van der Waals surface area contributed by atoms with Gasteiger partial charge in [-0.05, 0) is 26.0 Å². The largest absolute Gasteiger partial charge is 0.300 e. The number of nitriles is 1. The maximum atomic E-state index is 13.4. The smallest absolute Gasteiger partial charge is 0.142 e. The molecule has 1 rings (SSSR count). The minimum Gasteiger partial charge on any atom is -0.300 e. The summed E-state index contributed by atoms with van der Waals surface area (Å²) in [4.78, 5) is 11.2. The van der Waals surface area contributed by atoms with E-state index in [0.717, 1.165) is 6.07 Å². The van der Waals surface area contributed by atoms with E-state index in [1.807, 2.05) is 6.07 Å². The highest BCUT2D eigenvalue weighted by molar-refractivity contribution is 6.36. The second kappa shape index (κ2) is 5.03. The highest BCUT2D eigenvalue weighted by Crippen LogP contribution is 2.39. The summed E-state index contributed by atoms with van der Waals surface area (Å²) in [5.41, 5.74) is -1.05. The van der Waals surface area contributed by atoms with Crippen molar-refractivity contribution in [2.24, 2.45) is 0 Å². The SMILES string of the molecule is CC(=O)CC(C)(C#N)c1c(Cl)ccc(F)c1Cl. The van der Waals surface area contributed by atoms with Crippen LogP contribution in [-0.2, 0) is 10.2 Å². The molecule has 0 heterocycles. The van der Waals surface area contributed by atoms with Crippen molar-refractivity contribution in [1.82, 2.24) is 0 Å². The molecule has 1 unspecified atom stereocenters. The molecule has 0 bridgehead atoms. The van der Waals surface area contributed by atoms with E-state index in [4.69, 9.17) is 23.2 Å². The summed E-state index contributed by atoms with van der Waals surface area (Å²) in [6.07, 6.45) is -0.0631. The summed E-state index contributed by atoms with van der Waals surface area (Å²) < 4.78 is 13.4. The second-order valence-corrected chi connectivity index (χ2v) is 4.83. The Morgan fingerprint density at radius 2 is 2.12 bits per heavy atom. The van der Waals surface area contributed by atoms with Crippen molar-refractivity contribution < 1.29 is 9.18 Å². The Morgan fingerprint density at radius 1 is 1.53 bits per heavy atom. The van der Waals surface area contributed by atoms with E-state index in [1.165, 1.54) is 19.9 Å². The van der Waals surface area contributed by atoms with Crippen LogP contribution in [-0.4, -0.2) is 5.78 Å². The molecule has 90 valence electrons. The fourth-order valence-electron chi connectivity index (χ4n) is 1.71. The van der Waals surface area contributed by atoms with Crippen LogP contribution in [0.1, 0.15) is 25.8 Å². The molecule has 2 nitrogen and oxygen atoms in total. The van der Waals surface area contributed by atoms with Crippen LogP contribution in [0.25, 0.3) is 0 Å². The van der Waals surface area contributed by atoms with Gasteiger partial charge in [-0.25, -0.2) is 4.39 Å². The molecule has 1 aromatic rings.